The zero-order chi connectivity index (χ0) is 26.5. The summed E-state index contributed by atoms with van der Waals surface area (Å²) in [6, 6.07) is 3.54. The minimum absolute atomic E-state index is 0.0533. The van der Waals surface area contributed by atoms with Gasteiger partial charge in [-0.05, 0) is 57.6 Å². The van der Waals surface area contributed by atoms with Gasteiger partial charge in [-0.2, -0.15) is 0 Å². The van der Waals surface area contributed by atoms with Crippen LogP contribution in [0, 0.1) is 5.41 Å². The van der Waals surface area contributed by atoms with Crippen LogP contribution in [0.5, 0.6) is 0 Å². The molecule has 2 fully saturated rings. The molecule has 1 N–H and O–H groups in total. The Morgan fingerprint density at radius 1 is 1.14 bits per heavy atom. The van der Waals surface area contributed by atoms with Crippen LogP contribution in [-0.2, 0) is 11.0 Å². The summed E-state index contributed by atoms with van der Waals surface area (Å²) in [6.45, 7) is 6.19. The number of hydrogen-bond donors (Lipinski definition) is 1. The molecule has 1 aromatic carbocycles. The summed E-state index contributed by atoms with van der Waals surface area (Å²) in [5, 5.41) is 0.264. The van der Waals surface area contributed by atoms with Gasteiger partial charge in [-0.25, -0.2) is 27.7 Å². The Bertz CT molecular complexity index is 1200. The number of nitrogens with one attached hydrogen (secondary N) is 1. The van der Waals surface area contributed by atoms with Crippen LogP contribution in [0.2, 0.25) is 15.2 Å². The normalized spacial score (nSPS) is 22.1. The molecule has 196 valence electrons. The van der Waals surface area contributed by atoms with E-state index in [0.717, 1.165) is 0 Å². The summed E-state index contributed by atoms with van der Waals surface area (Å²) in [6.07, 6.45) is 2.51. The molecule has 1 unspecified atom stereocenters. The molecule has 1 aromatic heterocycles. The van der Waals surface area contributed by atoms with E-state index in [2.05, 4.69) is 14.7 Å². The molecule has 1 aliphatic heterocycles. The van der Waals surface area contributed by atoms with Gasteiger partial charge in [-0.15, -0.1) is 0 Å². The number of benzene rings is 1. The van der Waals surface area contributed by atoms with Crippen LogP contribution >= 0.6 is 34.8 Å². The Morgan fingerprint density at radius 3 is 2.42 bits per heavy atom. The zero-order valence-electron chi connectivity index (χ0n) is 20.1. The van der Waals surface area contributed by atoms with Crippen molar-refractivity contribution < 1.29 is 17.8 Å². The molecule has 1 saturated carbocycles. The van der Waals surface area contributed by atoms with Crippen molar-refractivity contribution >= 4 is 57.4 Å². The van der Waals surface area contributed by atoms with E-state index in [0.29, 0.717) is 38.2 Å². The lowest BCUT2D eigenvalue weighted by Gasteiger charge is -2.44. The Hall–Kier alpha value is -1.39. The van der Waals surface area contributed by atoms with E-state index in [9.17, 15) is 17.8 Å². The number of rotatable bonds is 5. The first kappa shape index (κ1) is 27.6. The minimum atomic E-state index is -2.93. The smallest absolute Gasteiger partial charge is 0.264 e. The number of alkyl halides is 2. The fourth-order valence-electron chi connectivity index (χ4n) is 4.84. The highest BCUT2D eigenvalue weighted by Crippen LogP contribution is 2.53. The molecular formula is C24H27Cl3F2N4O2S. The first-order chi connectivity index (χ1) is 16.7. The van der Waals surface area contributed by atoms with E-state index >= 15 is 0 Å². The fraction of sp³-hybridized carbons (Fsp3) is 0.542. The number of aromatic nitrogens is 2. The Labute approximate surface area is 226 Å². The maximum Gasteiger partial charge on any atom is 0.264 e. The molecule has 36 heavy (non-hydrogen) atoms. The second kappa shape index (κ2) is 10.1. The van der Waals surface area contributed by atoms with E-state index in [1.165, 1.54) is 12.3 Å². The molecule has 0 radical (unpaired) electrons. The first-order valence-electron chi connectivity index (χ1n) is 11.6. The topological polar surface area (TPSA) is 75.2 Å². The van der Waals surface area contributed by atoms with Crippen molar-refractivity contribution in [1.82, 2.24) is 14.7 Å². The number of carbonyl (C=O) groups excluding carboxylic acids is 1. The number of nitrogens with zero attached hydrogens (tertiary/aromatic N) is 3. The molecule has 0 bridgehead atoms. The van der Waals surface area contributed by atoms with Crippen molar-refractivity contribution in [2.75, 3.05) is 18.0 Å². The summed E-state index contributed by atoms with van der Waals surface area (Å²) in [7, 11) is -1.61. The zero-order valence-corrected chi connectivity index (χ0v) is 23.2. The molecule has 1 aliphatic carbocycles. The van der Waals surface area contributed by atoms with Crippen LogP contribution < -0.4 is 9.62 Å². The number of halogens is 5. The van der Waals surface area contributed by atoms with Crippen LogP contribution in [0.25, 0.3) is 0 Å². The lowest BCUT2D eigenvalue weighted by molar-refractivity contribution is -0.0339. The van der Waals surface area contributed by atoms with E-state index in [4.69, 9.17) is 34.8 Å². The van der Waals surface area contributed by atoms with Crippen molar-refractivity contribution in [2.45, 2.75) is 63.2 Å². The minimum Gasteiger partial charge on any atom is -0.355 e. The van der Waals surface area contributed by atoms with Crippen LogP contribution in [0.1, 0.15) is 62.5 Å². The van der Waals surface area contributed by atoms with Gasteiger partial charge in [0.25, 0.3) is 5.92 Å². The van der Waals surface area contributed by atoms with Crippen molar-refractivity contribution in [2.24, 2.45) is 5.41 Å². The number of hydrogen-bond acceptors (Lipinski definition) is 5. The van der Waals surface area contributed by atoms with Gasteiger partial charge in [0.05, 0.1) is 38.0 Å². The first-order valence-corrected chi connectivity index (χ1v) is 13.9. The molecular weight excluding hydrogens is 553 g/mol. The summed E-state index contributed by atoms with van der Waals surface area (Å²) in [5.74, 6) is -2.98. The number of anilines is 1. The third-order valence-corrected chi connectivity index (χ3v) is 9.63. The maximum absolute atomic E-state index is 14.9. The van der Waals surface area contributed by atoms with E-state index in [-0.39, 0.29) is 32.9 Å². The molecule has 4 rings (SSSR count). The highest BCUT2D eigenvalue weighted by Gasteiger charge is 2.60. The summed E-state index contributed by atoms with van der Waals surface area (Å²) < 4.78 is 44.5. The van der Waals surface area contributed by atoms with Gasteiger partial charge < -0.3 is 4.90 Å². The highest BCUT2D eigenvalue weighted by atomic mass is 35.5. The van der Waals surface area contributed by atoms with Crippen molar-refractivity contribution in [1.29, 1.82) is 0 Å². The lowest BCUT2D eigenvalue weighted by Crippen LogP contribution is -2.56. The molecule has 1 spiro atoms. The lowest BCUT2D eigenvalue weighted by atomic mass is 9.74. The van der Waals surface area contributed by atoms with Gasteiger partial charge in [0.1, 0.15) is 11.5 Å². The second-order valence-electron chi connectivity index (χ2n) is 10.3. The largest absolute Gasteiger partial charge is 0.355 e. The summed E-state index contributed by atoms with van der Waals surface area (Å²) >= 11 is 18.5. The van der Waals surface area contributed by atoms with Crippen LogP contribution in [0.4, 0.5) is 14.6 Å². The highest BCUT2D eigenvalue weighted by molar-refractivity contribution is 7.84. The third kappa shape index (κ3) is 5.27. The molecule has 1 saturated heterocycles. The standard InChI is InChI=1S/C24H27Cl3F2N4O2S/c1-22(2,3)36(35)32-21-23(7-8-24(21,28)29)9-11-33(12-10-23)16-13-30-18(20(27)31-16)19(34)14-5-4-6-15(25)17(14)26/h4-6,13,21,32H,7-12H2,1-3H3/t21-,36?/m1/s1. The van der Waals surface area contributed by atoms with Crippen LogP contribution in [0.15, 0.2) is 24.4 Å². The van der Waals surface area contributed by atoms with Crippen molar-refractivity contribution in [3.8, 4) is 0 Å². The van der Waals surface area contributed by atoms with Crippen LogP contribution in [0.3, 0.4) is 0 Å². The van der Waals surface area contributed by atoms with Gasteiger partial charge in [0.15, 0.2) is 5.15 Å². The Balaban J connectivity index is 1.50. The molecule has 12 heteroatoms. The molecule has 0 amide bonds. The second-order valence-corrected chi connectivity index (χ2v) is 13.5. The maximum atomic E-state index is 14.9. The molecule has 2 aliphatic rings. The average molecular weight is 580 g/mol. The van der Waals surface area contributed by atoms with E-state index in [1.54, 1.807) is 32.9 Å². The fourth-order valence-corrected chi connectivity index (χ4v) is 6.43. The SMILES string of the molecule is CC(C)(C)S(=O)N[C@H]1C(F)(F)CCC12CCN(c1cnc(C(=O)c3cccc(Cl)c3Cl)c(Cl)n1)CC2. The van der Waals surface area contributed by atoms with Gasteiger partial charge in [0, 0.05) is 25.1 Å². The van der Waals surface area contributed by atoms with Gasteiger partial charge >= 0.3 is 0 Å². The predicted octanol–water partition coefficient (Wildman–Crippen LogP) is 6.10. The van der Waals surface area contributed by atoms with Gasteiger partial charge in [-0.1, -0.05) is 40.9 Å². The van der Waals surface area contributed by atoms with Crippen molar-refractivity contribution in [3.05, 3.63) is 50.9 Å². The van der Waals surface area contributed by atoms with Gasteiger partial charge in [-0.3, -0.25) is 4.79 Å². The number of ketones is 1. The average Bonchev–Trinajstić information content (AvgIpc) is 3.05. The number of carbonyl (C=O) groups is 1. The Kier molecular flexibility index (Phi) is 7.72. The predicted molar refractivity (Wildman–Crippen MR) is 140 cm³/mol. The molecule has 2 aromatic rings. The quantitative estimate of drug-likeness (QED) is 0.433. The molecule has 2 atom stereocenters. The van der Waals surface area contributed by atoms with Crippen molar-refractivity contribution in [3.63, 3.8) is 0 Å². The summed E-state index contributed by atoms with van der Waals surface area (Å²) in [4.78, 5) is 23.4. The van der Waals surface area contributed by atoms with E-state index in [1.807, 2.05) is 4.90 Å². The molecule has 6 nitrogen and oxygen atoms in total. The third-order valence-electron chi connectivity index (χ3n) is 6.98. The van der Waals surface area contributed by atoms with E-state index < -0.39 is 38.9 Å². The van der Waals surface area contributed by atoms with Gasteiger partial charge in [0.2, 0.25) is 5.78 Å². The Morgan fingerprint density at radius 2 is 1.81 bits per heavy atom. The van der Waals surface area contributed by atoms with Crippen LogP contribution in [-0.4, -0.2) is 49.8 Å². The summed E-state index contributed by atoms with van der Waals surface area (Å²) in [5.41, 5.74) is -0.555. The monoisotopic (exact) mass is 578 g/mol. The number of piperidine rings is 1. The molecule has 2 heterocycles.